The van der Waals surface area contributed by atoms with E-state index in [2.05, 4.69) is 5.10 Å². The largest absolute Gasteiger partial charge is 0.493 e. The van der Waals surface area contributed by atoms with Crippen LogP contribution in [0.1, 0.15) is 32.8 Å². The first-order valence-corrected chi connectivity index (χ1v) is 8.39. The van der Waals surface area contributed by atoms with Crippen molar-refractivity contribution in [2.24, 2.45) is 0 Å². The number of hydrogen-bond acceptors (Lipinski definition) is 4. The minimum absolute atomic E-state index is 0.000255. The smallest absolute Gasteiger partial charge is 0.289 e. The van der Waals surface area contributed by atoms with Gasteiger partial charge in [0.15, 0.2) is 10.8 Å². The zero-order valence-corrected chi connectivity index (χ0v) is 15.3. The maximum absolute atomic E-state index is 12.3. The molecule has 2 aromatic rings. The Bertz CT molecular complexity index is 772. The van der Waals surface area contributed by atoms with Crippen LogP contribution in [0, 0.1) is 0 Å². The summed E-state index contributed by atoms with van der Waals surface area (Å²) in [4.78, 5) is 12.3. The minimum atomic E-state index is -0.468. The second-order valence-corrected chi connectivity index (χ2v) is 6.92. The summed E-state index contributed by atoms with van der Waals surface area (Å²) in [6.07, 6.45) is 1.79. The van der Waals surface area contributed by atoms with Crippen molar-refractivity contribution in [1.29, 1.82) is 0 Å². The highest BCUT2D eigenvalue weighted by molar-refractivity contribution is 6.31. The van der Waals surface area contributed by atoms with Crippen molar-refractivity contribution in [2.45, 2.75) is 39.3 Å². The van der Waals surface area contributed by atoms with Crippen LogP contribution in [-0.4, -0.2) is 23.1 Å². The molecule has 0 radical (unpaired) electrons. The number of benzene rings is 1. The average molecular weight is 369 g/mol. The second kappa shape index (κ2) is 8.34. The van der Waals surface area contributed by atoms with E-state index in [0.717, 1.165) is 5.56 Å². The Morgan fingerprint density at radius 3 is 2.72 bits per heavy atom. The molecule has 136 valence electrons. The van der Waals surface area contributed by atoms with E-state index in [4.69, 9.17) is 21.1 Å². The molecule has 0 fully saturated rings. The van der Waals surface area contributed by atoms with Gasteiger partial charge in [-0.05, 0) is 38.5 Å². The summed E-state index contributed by atoms with van der Waals surface area (Å²) in [5, 5.41) is 4.12. The van der Waals surface area contributed by atoms with Gasteiger partial charge in [0.25, 0.3) is 5.56 Å². The van der Waals surface area contributed by atoms with Gasteiger partial charge in [-0.3, -0.25) is 9.18 Å². The Hall–Kier alpha value is -2.08. The summed E-state index contributed by atoms with van der Waals surface area (Å²) in [5.74, 6) is 0.873. The van der Waals surface area contributed by atoms with Gasteiger partial charge in [0, 0.05) is 6.42 Å². The van der Waals surface area contributed by atoms with Crippen LogP contribution >= 0.6 is 11.6 Å². The van der Waals surface area contributed by atoms with E-state index in [1.54, 1.807) is 12.1 Å². The van der Waals surface area contributed by atoms with E-state index in [1.165, 1.54) is 10.9 Å². The first-order chi connectivity index (χ1) is 11.8. The van der Waals surface area contributed by atoms with Gasteiger partial charge < -0.3 is 9.47 Å². The van der Waals surface area contributed by atoms with Crippen molar-refractivity contribution in [3.05, 3.63) is 51.4 Å². The van der Waals surface area contributed by atoms with Gasteiger partial charge >= 0.3 is 0 Å². The van der Waals surface area contributed by atoms with Crippen molar-refractivity contribution in [1.82, 2.24) is 9.78 Å². The predicted molar refractivity (Wildman–Crippen MR) is 95.4 cm³/mol. The lowest BCUT2D eigenvalue weighted by molar-refractivity contribution is 0.282. The van der Waals surface area contributed by atoms with E-state index in [0.29, 0.717) is 18.8 Å². The standard InChI is InChI=1S/C18H22ClFN2O3/c1-18(2,3)22-17(23)16(19)15(11-21-22)25-12-13-6-4-7-14(10-13)24-9-5-8-20/h4,6-7,10-11H,5,8-9,12H2,1-3H3. The molecule has 7 heteroatoms. The zero-order chi connectivity index (χ0) is 18.4. The molecule has 1 aromatic heterocycles. The summed E-state index contributed by atoms with van der Waals surface area (Å²) in [6, 6.07) is 7.28. The van der Waals surface area contributed by atoms with Crippen molar-refractivity contribution < 1.29 is 13.9 Å². The van der Waals surface area contributed by atoms with E-state index < -0.39 is 17.8 Å². The van der Waals surface area contributed by atoms with Crippen molar-refractivity contribution in [3.8, 4) is 11.5 Å². The van der Waals surface area contributed by atoms with Gasteiger partial charge in [-0.1, -0.05) is 23.7 Å². The lowest BCUT2D eigenvalue weighted by atomic mass is 10.1. The summed E-state index contributed by atoms with van der Waals surface area (Å²) in [5.41, 5.74) is -0.0198. The molecule has 0 aliphatic heterocycles. The van der Waals surface area contributed by atoms with Crippen molar-refractivity contribution in [2.75, 3.05) is 13.3 Å². The molecule has 25 heavy (non-hydrogen) atoms. The first kappa shape index (κ1) is 19.2. The number of aromatic nitrogens is 2. The van der Waals surface area contributed by atoms with E-state index in [-0.39, 0.29) is 17.4 Å². The van der Waals surface area contributed by atoms with Crippen LogP contribution in [0.5, 0.6) is 11.5 Å². The molecule has 0 N–H and O–H groups in total. The van der Waals surface area contributed by atoms with E-state index in [9.17, 15) is 9.18 Å². The third kappa shape index (κ3) is 5.19. The third-order valence-corrected chi connectivity index (χ3v) is 3.71. The molecule has 0 amide bonds. The maximum Gasteiger partial charge on any atom is 0.289 e. The van der Waals surface area contributed by atoms with Crippen LogP contribution < -0.4 is 15.0 Å². The highest BCUT2D eigenvalue weighted by atomic mass is 35.5. The quantitative estimate of drug-likeness (QED) is 0.694. The van der Waals surface area contributed by atoms with Gasteiger partial charge in [0.2, 0.25) is 0 Å². The fourth-order valence-electron chi connectivity index (χ4n) is 2.13. The predicted octanol–water partition coefficient (Wildman–Crippen LogP) is 3.97. The van der Waals surface area contributed by atoms with Crippen molar-refractivity contribution in [3.63, 3.8) is 0 Å². The molecule has 1 aromatic carbocycles. The molecule has 0 unspecified atom stereocenters. The van der Waals surface area contributed by atoms with Gasteiger partial charge in [0.05, 0.1) is 25.0 Å². The SMILES string of the molecule is CC(C)(C)n1ncc(OCc2cccc(OCCCF)c2)c(Cl)c1=O. The summed E-state index contributed by atoms with van der Waals surface area (Å²) in [6.45, 7) is 5.72. The van der Waals surface area contributed by atoms with Gasteiger partial charge in [-0.2, -0.15) is 5.10 Å². The van der Waals surface area contributed by atoms with E-state index in [1.807, 2.05) is 32.9 Å². The van der Waals surface area contributed by atoms with E-state index >= 15 is 0 Å². The summed E-state index contributed by atoms with van der Waals surface area (Å²) in [7, 11) is 0. The minimum Gasteiger partial charge on any atom is -0.493 e. The molecule has 0 aliphatic carbocycles. The van der Waals surface area contributed by atoms with Crippen molar-refractivity contribution >= 4 is 11.6 Å². The Kier molecular flexibility index (Phi) is 6.42. The highest BCUT2D eigenvalue weighted by Crippen LogP contribution is 2.22. The monoisotopic (exact) mass is 368 g/mol. The molecule has 0 saturated heterocycles. The number of nitrogens with zero attached hydrogens (tertiary/aromatic N) is 2. The Balaban J connectivity index is 2.08. The fourth-order valence-corrected chi connectivity index (χ4v) is 2.31. The Labute approximate surface area is 151 Å². The summed E-state index contributed by atoms with van der Waals surface area (Å²) < 4.78 is 24.5. The zero-order valence-electron chi connectivity index (χ0n) is 14.6. The Morgan fingerprint density at radius 1 is 1.28 bits per heavy atom. The van der Waals surface area contributed by atoms with Gasteiger partial charge in [-0.15, -0.1) is 0 Å². The third-order valence-electron chi connectivity index (χ3n) is 3.36. The lowest BCUT2D eigenvalue weighted by Crippen LogP contribution is -2.36. The molecule has 2 rings (SSSR count). The lowest BCUT2D eigenvalue weighted by Gasteiger charge is -2.21. The topological polar surface area (TPSA) is 53.4 Å². The molecule has 0 aliphatic rings. The second-order valence-electron chi connectivity index (χ2n) is 6.54. The molecule has 0 bridgehead atoms. The maximum atomic E-state index is 12.3. The number of halogens is 2. The number of hydrogen-bond donors (Lipinski definition) is 0. The molecule has 5 nitrogen and oxygen atoms in total. The summed E-state index contributed by atoms with van der Waals surface area (Å²) >= 11 is 6.13. The van der Waals surface area contributed by atoms with Crippen LogP contribution in [0.3, 0.4) is 0 Å². The van der Waals surface area contributed by atoms with Gasteiger partial charge in [-0.25, -0.2) is 4.68 Å². The molecular formula is C18H22ClFN2O3. The van der Waals surface area contributed by atoms with Crippen LogP contribution in [0.4, 0.5) is 4.39 Å². The fraction of sp³-hybridized carbons (Fsp3) is 0.444. The highest BCUT2D eigenvalue weighted by Gasteiger charge is 2.20. The van der Waals surface area contributed by atoms with Gasteiger partial charge in [0.1, 0.15) is 12.4 Å². The van der Waals surface area contributed by atoms with Crippen LogP contribution in [0.15, 0.2) is 35.3 Å². The number of alkyl halides is 1. The molecule has 0 spiro atoms. The first-order valence-electron chi connectivity index (χ1n) is 8.01. The average Bonchev–Trinajstić information content (AvgIpc) is 2.56. The van der Waals surface area contributed by atoms with Crippen LogP contribution in [0.25, 0.3) is 0 Å². The normalized spacial score (nSPS) is 11.4. The molecule has 1 heterocycles. The number of rotatable bonds is 7. The molecule has 0 atom stereocenters. The Morgan fingerprint density at radius 2 is 2.04 bits per heavy atom. The molecular weight excluding hydrogens is 347 g/mol. The van der Waals surface area contributed by atoms with Crippen LogP contribution in [-0.2, 0) is 12.1 Å². The van der Waals surface area contributed by atoms with Crippen LogP contribution in [0.2, 0.25) is 5.02 Å². The molecule has 0 saturated carbocycles. The number of ether oxygens (including phenoxy) is 2.